The second-order valence-corrected chi connectivity index (χ2v) is 4.50. The summed E-state index contributed by atoms with van der Waals surface area (Å²) in [6.45, 7) is 5.18. The van der Waals surface area contributed by atoms with Crippen molar-refractivity contribution in [3.05, 3.63) is 40.7 Å². The van der Waals surface area contributed by atoms with Crippen LogP contribution in [0.2, 0.25) is 0 Å². The fraction of sp³-hybridized carbons (Fsp3) is 0.357. The number of nitrogens with one attached hydrogen (secondary N) is 1. The van der Waals surface area contributed by atoms with E-state index in [1.54, 1.807) is 23.0 Å². The van der Waals surface area contributed by atoms with Crippen LogP contribution < -0.4 is 10.1 Å². The summed E-state index contributed by atoms with van der Waals surface area (Å²) in [7, 11) is 0. The molecule has 2 rings (SSSR count). The topological polar surface area (TPSA) is 82.2 Å². The molecule has 0 bridgehead atoms. The predicted octanol–water partition coefficient (Wildman–Crippen LogP) is 3.34. The summed E-state index contributed by atoms with van der Waals surface area (Å²) in [5.74, 6) is 0.273. The molecule has 1 aromatic carbocycles. The van der Waals surface area contributed by atoms with Gasteiger partial charge >= 0.3 is 5.69 Å². The molecule has 0 fully saturated rings. The smallest absolute Gasteiger partial charge is 0.311 e. The number of hydrogen-bond donors (Lipinski definition) is 1. The standard InChI is InChI=1S/C14H18N4O3/c1-3-7-21-14-8-11(5-6-13(14)18(19)20)16-12-9-15-17(4-2)10-12/h5-6,8-10,16H,3-4,7H2,1-2H3. The molecule has 0 saturated heterocycles. The molecular formula is C14H18N4O3. The highest BCUT2D eigenvalue weighted by molar-refractivity contribution is 5.64. The number of aryl methyl sites for hydroxylation is 1. The Morgan fingerprint density at radius 3 is 2.81 bits per heavy atom. The molecule has 1 heterocycles. The Bertz CT molecular complexity index is 624. The third-order valence-electron chi connectivity index (χ3n) is 2.86. The lowest BCUT2D eigenvalue weighted by molar-refractivity contribution is -0.385. The van der Waals surface area contributed by atoms with Crippen LogP contribution in [0.1, 0.15) is 20.3 Å². The van der Waals surface area contributed by atoms with Crippen LogP contribution in [-0.2, 0) is 6.54 Å². The van der Waals surface area contributed by atoms with E-state index in [0.29, 0.717) is 6.61 Å². The van der Waals surface area contributed by atoms with Crippen LogP contribution >= 0.6 is 0 Å². The molecule has 0 aliphatic carbocycles. The van der Waals surface area contributed by atoms with E-state index in [9.17, 15) is 10.1 Å². The van der Waals surface area contributed by atoms with E-state index in [0.717, 1.165) is 24.3 Å². The van der Waals surface area contributed by atoms with Crippen molar-refractivity contribution in [2.75, 3.05) is 11.9 Å². The summed E-state index contributed by atoms with van der Waals surface area (Å²) < 4.78 is 7.24. The zero-order chi connectivity index (χ0) is 15.2. The third kappa shape index (κ3) is 3.71. The van der Waals surface area contributed by atoms with Gasteiger partial charge in [-0.2, -0.15) is 5.10 Å². The van der Waals surface area contributed by atoms with E-state index >= 15 is 0 Å². The fourth-order valence-electron chi connectivity index (χ4n) is 1.84. The Balaban J connectivity index is 2.21. The number of nitro groups is 1. The van der Waals surface area contributed by atoms with Crippen LogP contribution in [0.15, 0.2) is 30.6 Å². The lowest BCUT2D eigenvalue weighted by Gasteiger charge is -2.08. The van der Waals surface area contributed by atoms with Crippen LogP contribution in [-0.4, -0.2) is 21.3 Å². The van der Waals surface area contributed by atoms with Gasteiger partial charge in [-0.1, -0.05) is 6.92 Å². The van der Waals surface area contributed by atoms with E-state index < -0.39 is 4.92 Å². The highest BCUT2D eigenvalue weighted by Crippen LogP contribution is 2.31. The number of aromatic nitrogens is 2. The summed E-state index contributed by atoms with van der Waals surface area (Å²) in [6, 6.07) is 4.73. The van der Waals surface area contributed by atoms with Crippen molar-refractivity contribution in [2.45, 2.75) is 26.8 Å². The van der Waals surface area contributed by atoms with Crippen molar-refractivity contribution < 1.29 is 9.66 Å². The molecular weight excluding hydrogens is 272 g/mol. The highest BCUT2D eigenvalue weighted by Gasteiger charge is 2.15. The van der Waals surface area contributed by atoms with Gasteiger partial charge in [0.15, 0.2) is 5.75 Å². The van der Waals surface area contributed by atoms with Crippen LogP contribution in [0, 0.1) is 10.1 Å². The lowest BCUT2D eigenvalue weighted by atomic mass is 10.2. The molecule has 0 radical (unpaired) electrons. The van der Waals surface area contributed by atoms with Gasteiger partial charge < -0.3 is 10.1 Å². The van der Waals surface area contributed by atoms with Crippen molar-refractivity contribution in [1.82, 2.24) is 9.78 Å². The van der Waals surface area contributed by atoms with Gasteiger partial charge in [0.2, 0.25) is 0 Å². The van der Waals surface area contributed by atoms with E-state index in [-0.39, 0.29) is 11.4 Å². The summed E-state index contributed by atoms with van der Waals surface area (Å²) in [6.07, 6.45) is 4.36. The summed E-state index contributed by atoms with van der Waals surface area (Å²) in [5.41, 5.74) is 1.52. The predicted molar refractivity (Wildman–Crippen MR) is 80.1 cm³/mol. The van der Waals surface area contributed by atoms with Gasteiger partial charge in [0.1, 0.15) is 0 Å². The molecule has 0 aliphatic heterocycles. The average molecular weight is 290 g/mol. The van der Waals surface area contributed by atoms with Gasteiger partial charge in [0.25, 0.3) is 0 Å². The average Bonchev–Trinajstić information content (AvgIpc) is 2.92. The van der Waals surface area contributed by atoms with E-state index in [1.165, 1.54) is 6.07 Å². The molecule has 21 heavy (non-hydrogen) atoms. The molecule has 2 aromatic rings. The first kappa shape index (κ1) is 14.8. The van der Waals surface area contributed by atoms with Gasteiger partial charge in [-0.25, -0.2) is 0 Å². The third-order valence-corrected chi connectivity index (χ3v) is 2.86. The maximum absolute atomic E-state index is 11.0. The highest BCUT2D eigenvalue weighted by atomic mass is 16.6. The molecule has 0 saturated carbocycles. The number of anilines is 2. The van der Waals surface area contributed by atoms with Crippen LogP contribution in [0.5, 0.6) is 5.75 Å². The number of nitrogens with zero attached hydrogens (tertiary/aromatic N) is 3. The number of hydrogen-bond acceptors (Lipinski definition) is 5. The van der Waals surface area contributed by atoms with Gasteiger partial charge in [-0.05, 0) is 19.4 Å². The Morgan fingerprint density at radius 2 is 2.19 bits per heavy atom. The molecule has 0 atom stereocenters. The maximum Gasteiger partial charge on any atom is 0.311 e. The summed E-state index contributed by atoms with van der Waals surface area (Å²) in [5, 5.41) is 18.3. The fourth-order valence-corrected chi connectivity index (χ4v) is 1.84. The first-order valence-corrected chi connectivity index (χ1v) is 6.84. The number of rotatable bonds is 7. The first-order valence-electron chi connectivity index (χ1n) is 6.84. The molecule has 1 N–H and O–H groups in total. The summed E-state index contributed by atoms with van der Waals surface area (Å²) >= 11 is 0. The minimum Gasteiger partial charge on any atom is -0.487 e. The molecule has 0 spiro atoms. The Hall–Kier alpha value is -2.57. The molecule has 0 amide bonds. The van der Waals surface area contributed by atoms with Crippen molar-refractivity contribution >= 4 is 17.1 Å². The van der Waals surface area contributed by atoms with Gasteiger partial charge in [-0.15, -0.1) is 0 Å². The van der Waals surface area contributed by atoms with Crippen molar-refractivity contribution in [3.63, 3.8) is 0 Å². The minimum atomic E-state index is -0.441. The van der Waals surface area contributed by atoms with E-state index in [4.69, 9.17) is 4.74 Å². The maximum atomic E-state index is 11.0. The molecule has 0 aliphatic rings. The van der Waals surface area contributed by atoms with Gasteiger partial charge in [0.05, 0.1) is 23.4 Å². The molecule has 7 nitrogen and oxygen atoms in total. The molecule has 112 valence electrons. The Labute approximate surface area is 122 Å². The molecule has 1 aromatic heterocycles. The van der Waals surface area contributed by atoms with Crippen LogP contribution in [0.4, 0.5) is 17.1 Å². The number of benzene rings is 1. The normalized spacial score (nSPS) is 10.4. The second kappa shape index (κ2) is 6.74. The van der Waals surface area contributed by atoms with Crippen LogP contribution in [0.3, 0.4) is 0 Å². The first-order chi connectivity index (χ1) is 10.1. The van der Waals surface area contributed by atoms with Gasteiger partial charge in [-0.3, -0.25) is 14.8 Å². The largest absolute Gasteiger partial charge is 0.487 e. The van der Waals surface area contributed by atoms with E-state index in [1.807, 2.05) is 20.0 Å². The summed E-state index contributed by atoms with van der Waals surface area (Å²) in [4.78, 5) is 10.5. The number of nitro benzene ring substituents is 1. The van der Waals surface area contributed by atoms with Crippen molar-refractivity contribution in [2.24, 2.45) is 0 Å². The minimum absolute atomic E-state index is 0.0294. The Kier molecular flexibility index (Phi) is 4.76. The van der Waals surface area contributed by atoms with Crippen molar-refractivity contribution in [1.29, 1.82) is 0 Å². The molecule has 0 unspecified atom stereocenters. The second-order valence-electron chi connectivity index (χ2n) is 4.50. The van der Waals surface area contributed by atoms with Gasteiger partial charge in [0, 0.05) is 30.6 Å². The van der Waals surface area contributed by atoms with E-state index in [2.05, 4.69) is 10.4 Å². The number of ether oxygens (including phenoxy) is 1. The monoisotopic (exact) mass is 290 g/mol. The quantitative estimate of drug-likeness (QED) is 0.624. The Morgan fingerprint density at radius 1 is 1.38 bits per heavy atom. The zero-order valence-electron chi connectivity index (χ0n) is 12.1. The van der Waals surface area contributed by atoms with Crippen LogP contribution in [0.25, 0.3) is 0 Å². The SMILES string of the molecule is CCCOc1cc(Nc2cnn(CC)c2)ccc1[N+](=O)[O-]. The lowest BCUT2D eigenvalue weighted by Crippen LogP contribution is -2.00. The van der Waals surface area contributed by atoms with Crippen molar-refractivity contribution in [3.8, 4) is 5.75 Å². The molecule has 7 heteroatoms. The zero-order valence-corrected chi connectivity index (χ0v) is 12.1.